The summed E-state index contributed by atoms with van der Waals surface area (Å²) in [5, 5.41) is 8.29. The number of benzene rings is 1. The zero-order chi connectivity index (χ0) is 20.1. The molecule has 4 rings (SSSR count). The molecule has 3 heterocycles. The summed E-state index contributed by atoms with van der Waals surface area (Å²) in [5.41, 5.74) is 0.911. The first-order valence-corrected chi connectivity index (χ1v) is 8.76. The predicted octanol–water partition coefficient (Wildman–Crippen LogP) is 3.08. The number of methoxy groups -OCH3 is 1. The van der Waals surface area contributed by atoms with E-state index in [1.54, 1.807) is 37.3 Å². The topological polar surface area (TPSA) is 86.3 Å². The lowest BCUT2D eigenvalue weighted by Gasteiger charge is -2.26. The molecule has 150 valence electrons. The molecule has 1 saturated heterocycles. The number of piperidine rings is 1. The van der Waals surface area contributed by atoms with E-state index >= 15 is 0 Å². The molecule has 1 amide bonds. The fraction of sp³-hybridized carbons (Fsp3) is 0.444. The summed E-state index contributed by atoms with van der Waals surface area (Å²) >= 11 is 0. The third-order valence-corrected chi connectivity index (χ3v) is 4.51. The van der Waals surface area contributed by atoms with Crippen molar-refractivity contribution >= 4 is 17.3 Å². The van der Waals surface area contributed by atoms with Gasteiger partial charge < -0.3 is 14.2 Å². The largest absolute Gasteiger partial charge is 0.388 e. The maximum Gasteiger partial charge on any atom is 0.333 e. The van der Waals surface area contributed by atoms with Crippen molar-refractivity contribution in [2.45, 2.75) is 25.3 Å². The van der Waals surface area contributed by atoms with Crippen molar-refractivity contribution in [2.75, 3.05) is 27.3 Å². The average molecular weight is 393 g/mol. The molecule has 0 saturated carbocycles. The average Bonchev–Trinajstić information content (AvgIpc) is 3.35. The summed E-state index contributed by atoms with van der Waals surface area (Å²) in [4.78, 5) is 16.9. The van der Waals surface area contributed by atoms with Gasteiger partial charge in [-0.3, -0.25) is 4.79 Å². The minimum absolute atomic E-state index is 0.104. The number of likely N-dealkylation sites (tertiary alicyclic amines) is 1. The van der Waals surface area contributed by atoms with Crippen LogP contribution in [0.25, 0.3) is 22.3 Å². The molecule has 0 aliphatic carbocycles. The number of halogens is 2. The van der Waals surface area contributed by atoms with Gasteiger partial charge in [-0.1, -0.05) is 17.3 Å². The molecule has 1 fully saturated rings. The second-order valence-electron chi connectivity index (χ2n) is 6.42. The Hall–Kier alpha value is -2.88. The molecule has 0 atom stereocenters. The number of aromatic nitrogens is 4. The Balaban J connectivity index is 0.000000706. The summed E-state index contributed by atoms with van der Waals surface area (Å²) in [6.45, 7) is -1.40. The Morgan fingerprint density at radius 2 is 2.00 bits per heavy atom. The number of hydrogen-bond donors (Lipinski definition) is 0. The van der Waals surface area contributed by atoms with Crippen molar-refractivity contribution in [3.05, 3.63) is 30.3 Å². The second-order valence-corrected chi connectivity index (χ2v) is 6.42. The van der Waals surface area contributed by atoms with Crippen molar-refractivity contribution < 1.29 is 22.8 Å². The molecule has 0 unspecified atom stereocenters. The van der Waals surface area contributed by atoms with Crippen LogP contribution in [0.4, 0.5) is 8.78 Å². The summed E-state index contributed by atoms with van der Waals surface area (Å²) in [6, 6.07) is 5.04. The zero-order valence-electron chi connectivity index (χ0n) is 15.6. The second kappa shape index (κ2) is 8.87. The highest BCUT2D eigenvalue weighted by Gasteiger charge is 2.25. The van der Waals surface area contributed by atoms with Crippen molar-refractivity contribution in [3.8, 4) is 11.4 Å². The van der Waals surface area contributed by atoms with E-state index in [2.05, 4.69) is 20.0 Å². The van der Waals surface area contributed by atoms with Crippen molar-refractivity contribution in [1.82, 2.24) is 24.8 Å². The van der Waals surface area contributed by atoms with E-state index in [0.717, 1.165) is 19.3 Å². The molecular formula is C18H21F2N5O3. The summed E-state index contributed by atoms with van der Waals surface area (Å²) in [5.74, 6) is 0.979. The fourth-order valence-electron chi connectivity index (χ4n) is 3.10. The molecule has 28 heavy (non-hydrogen) atoms. The number of ether oxygens (including phenoxy) is 1. The van der Waals surface area contributed by atoms with Crippen LogP contribution in [0.3, 0.4) is 0 Å². The van der Waals surface area contributed by atoms with Gasteiger partial charge in [0.2, 0.25) is 18.1 Å². The molecule has 1 aliphatic heterocycles. The van der Waals surface area contributed by atoms with Gasteiger partial charge in [0.15, 0.2) is 0 Å². The number of fused-ring (bicyclic) bond motifs is 1. The number of nitrogens with zero attached hydrogens (tertiary/aromatic N) is 5. The van der Waals surface area contributed by atoms with Gasteiger partial charge in [0.1, 0.15) is 0 Å². The monoisotopic (exact) mass is 393 g/mol. The maximum absolute atomic E-state index is 13.0. The quantitative estimate of drug-likeness (QED) is 0.633. The summed E-state index contributed by atoms with van der Waals surface area (Å²) in [6.07, 6.45) is 3.76. The lowest BCUT2D eigenvalue weighted by atomic mass is 9.97. The highest BCUT2D eigenvalue weighted by molar-refractivity contribution is 5.83. The molecule has 8 nitrogen and oxygen atoms in total. The molecular weight excluding hydrogens is 372 g/mol. The van der Waals surface area contributed by atoms with Gasteiger partial charge in [0, 0.05) is 44.2 Å². The number of rotatable bonds is 4. The smallest absolute Gasteiger partial charge is 0.333 e. The molecule has 3 aromatic rings. The first-order valence-electron chi connectivity index (χ1n) is 8.76. The van der Waals surface area contributed by atoms with Crippen LogP contribution in [0, 0.1) is 0 Å². The van der Waals surface area contributed by atoms with Gasteiger partial charge in [0.05, 0.1) is 11.7 Å². The number of carbonyl (C=O) groups is 1. The van der Waals surface area contributed by atoms with Gasteiger partial charge in [-0.2, -0.15) is 18.9 Å². The van der Waals surface area contributed by atoms with E-state index in [4.69, 9.17) is 4.52 Å². The first kappa shape index (κ1) is 19.9. The van der Waals surface area contributed by atoms with Gasteiger partial charge in [0.25, 0.3) is 0 Å². The molecule has 0 spiro atoms. The van der Waals surface area contributed by atoms with Gasteiger partial charge in [-0.05, 0) is 18.9 Å². The van der Waals surface area contributed by atoms with Crippen molar-refractivity contribution in [3.63, 3.8) is 0 Å². The van der Waals surface area contributed by atoms with Crippen LogP contribution in [0.5, 0.6) is 0 Å². The van der Waals surface area contributed by atoms with E-state index in [9.17, 15) is 13.6 Å². The highest BCUT2D eigenvalue weighted by Crippen LogP contribution is 2.29. The third kappa shape index (κ3) is 4.16. The molecule has 0 radical (unpaired) electrons. The van der Waals surface area contributed by atoms with Crippen LogP contribution in [-0.2, 0) is 9.53 Å². The number of amides is 1. The minimum Gasteiger partial charge on any atom is -0.388 e. The van der Waals surface area contributed by atoms with Crippen LogP contribution in [0.2, 0.25) is 0 Å². The van der Waals surface area contributed by atoms with Gasteiger partial charge in [-0.15, -0.1) is 0 Å². The fourth-order valence-corrected chi connectivity index (χ4v) is 3.10. The molecule has 1 aromatic carbocycles. The van der Waals surface area contributed by atoms with Crippen molar-refractivity contribution in [2.24, 2.45) is 0 Å². The number of alkyl halides is 2. The van der Waals surface area contributed by atoms with Crippen LogP contribution in [-0.4, -0.2) is 58.5 Å². The molecule has 2 aromatic heterocycles. The van der Waals surface area contributed by atoms with Gasteiger partial charge in [-0.25, -0.2) is 4.68 Å². The Morgan fingerprint density at radius 3 is 2.64 bits per heavy atom. The summed E-state index contributed by atoms with van der Waals surface area (Å²) < 4.78 is 36.3. The van der Waals surface area contributed by atoms with E-state index < -0.39 is 6.55 Å². The van der Waals surface area contributed by atoms with E-state index in [0.29, 0.717) is 46.0 Å². The van der Waals surface area contributed by atoms with Crippen molar-refractivity contribution in [1.29, 1.82) is 0 Å². The van der Waals surface area contributed by atoms with E-state index in [1.165, 1.54) is 6.20 Å². The number of carbonyl (C=O) groups excluding carboxylic acids is 1. The Morgan fingerprint density at radius 1 is 1.29 bits per heavy atom. The molecule has 10 heteroatoms. The Kier molecular flexibility index (Phi) is 6.30. The van der Waals surface area contributed by atoms with Crippen LogP contribution in [0.1, 0.15) is 31.2 Å². The Labute approximate surface area is 160 Å². The lowest BCUT2D eigenvalue weighted by Crippen LogP contribution is -2.31. The minimum atomic E-state index is -2.71. The number of hydrogen-bond acceptors (Lipinski definition) is 6. The van der Waals surface area contributed by atoms with E-state index in [-0.39, 0.29) is 5.92 Å². The van der Waals surface area contributed by atoms with Crippen LogP contribution in [0.15, 0.2) is 28.9 Å². The Bertz CT molecular complexity index is 919. The molecule has 0 bridgehead atoms. The third-order valence-electron chi connectivity index (χ3n) is 4.51. The zero-order valence-corrected chi connectivity index (χ0v) is 15.6. The summed E-state index contributed by atoms with van der Waals surface area (Å²) in [7, 11) is 3.25. The predicted molar refractivity (Wildman–Crippen MR) is 96.8 cm³/mol. The maximum atomic E-state index is 13.0. The van der Waals surface area contributed by atoms with E-state index in [1.807, 2.05) is 0 Å². The molecule has 1 aliphatic rings. The SMILES string of the molecule is COC.O=CN1CCC(c2nc(-c3ccc4cnn(C(F)F)c4c3)no2)CC1. The standard InChI is InChI=1S/C16H15F2N5O2.C2H6O/c17-16(18)23-13-7-11(1-2-12(13)8-19-23)14-20-15(25-21-14)10-3-5-22(9-24)6-4-10;1-3-2/h1-2,7-10,16H,3-6H2;1-2H3. The van der Waals surface area contributed by atoms with Crippen LogP contribution >= 0.6 is 0 Å². The first-order chi connectivity index (χ1) is 13.6. The van der Waals surface area contributed by atoms with Crippen LogP contribution < -0.4 is 0 Å². The molecule has 0 N–H and O–H groups in total. The van der Waals surface area contributed by atoms with Gasteiger partial charge >= 0.3 is 6.55 Å². The highest BCUT2D eigenvalue weighted by atomic mass is 19.3. The lowest BCUT2D eigenvalue weighted by molar-refractivity contribution is -0.119. The normalized spacial score (nSPS) is 15.0.